The van der Waals surface area contributed by atoms with Gasteiger partial charge in [-0.15, -0.1) is 0 Å². The fourth-order valence-corrected chi connectivity index (χ4v) is 3.05. The Morgan fingerprint density at radius 1 is 0.900 bits per heavy atom. The van der Waals surface area contributed by atoms with Crippen LogP contribution in [0.1, 0.15) is 20.7 Å². The predicted molar refractivity (Wildman–Crippen MR) is 111 cm³/mol. The van der Waals surface area contributed by atoms with E-state index in [1.54, 1.807) is 42.5 Å². The van der Waals surface area contributed by atoms with E-state index in [0.717, 1.165) is 5.39 Å². The summed E-state index contributed by atoms with van der Waals surface area (Å²) in [6.07, 6.45) is 0. The molecule has 3 N–H and O–H groups in total. The number of benzene rings is 3. The summed E-state index contributed by atoms with van der Waals surface area (Å²) in [7, 11) is 0. The summed E-state index contributed by atoms with van der Waals surface area (Å²) < 4.78 is 5.34. The van der Waals surface area contributed by atoms with Crippen LogP contribution >= 0.6 is 0 Å². The fourth-order valence-electron chi connectivity index (χ4n) is 3.05. The normalized spacial score (nSPS) is 10.7. The van der Waals surface area contributed by atoms with Crippen molar-refractivity contribution in [3.63, 3.8) is 0 Å². The number of para-hydroxylation sites is 1. The lowest BCUT2D eigenvalue weighted by Crippen LogP contribution is -2.12. The van der Waals surface area contributed by atoms with E-state index in [1.165, 1.54) is 18.2 Å². The van der Waals surface area contributed by atoms with Crippen molar-refractivity contribution >= 4 is 28.5 Å². The number of rotatable bonds is 4. The second-order valence-electron chi connectivity index (χ2n) is 6.55. The first-order chi connectivity index (χ1) is 14.4. The summed E-state index contributed by atoms with van der Waals surface area (Å²) in [5, 5.41) is 22.0. The lowest BCUT2D eigenvalue weighted by Gasteiger charge is -2.08. The molecule has 0 saturated carbocycles. The lowest BCUT2D eigenvalue weighted by atomic mass is 10.0. The molecule has 0 bridgehead atoms. The SMILES string of the molecule is O=C(Nc1ccc(O)c(C(=O)O)c1)c1ccc(-c2cc3ccccc3oc2=O)cc1. The smallest absolute Gasteiger partial charge is 0.344 e. The number of nitrogens with one attached hydrogen (secondary N) is 1. The van der Waals surface area contributed by atoms with Crippen molar-refractivity contribution in [2.24, 2.45) is 0 Å². The van der Waals surface area contributed by atoms with Crippen molar-refractivity contribution in [2.75, 3.05) is 5.32 Å². The van der Waals surface area contributed by atoms with Gasteiger partial charge >= 0.3 is 11.6 Å². The number of carboxylic acids is 1. The number of anilines is 1. The van der Waals surface area contributed by atoms with Crippen molar-refractivity contribution in [2.45, 2.75) is 0 Å². The van der Waals surface area contributed by atoms with Crippen LogP contribution in [0.2, 0.25) is 0 Å². The molecule has 3 aromatic carbocycles. The van der Waals surface area contributed by atoms with Crippen LogP contribution in [-0.2, 0) is 0 Å². The summed E-state index contributed by atoms with van der Waals surface area (Å²) in [5.41, 5.74) is 1.23. The van der Waals surface area contributed by atoms with E-state index in [2.05, 4.69) is 5.32 Å². The predicted octanol–water partition coefficient (Wildman–Crippen LogP) is 4.12. The summed E-state index contributed by atoms with van der Waals surface area (Å²) in [4.78, 5) is 35.9. The van der Waals surface area contributed by atoms with Gasteiger partial charge in [-0.25, -0.2) is 9.59 Å². The van der Waals surface area contributed by atoms with Gasteiger partial charge in [0.25, 0.3) is 5.91 Å². The quantitative estimate of drug-likeness (QED) is 0.350. The van der Waals surface area contributed by atoms with Gasteiger partial charge in [-0.2, -0.15) is 0 Å². The molecule has 0 aliphatic carbocycles. The minimum absolute atomic E-state index is 0.231. The number of amides is 1. The molecule has 0 aliphatic heterocycles. The van der Waals surface area contributed by atoms with Gasteiger partial charge in [-0.1, -0.05) is 30.3 Å². The maximum absolute atomic E-state index is 12.5. The number of carbonyl (C=O) groups is 2. The van der Waals surface area contributed by atoms with E-state index in [9.17, 15) is 19.5 Å². The van der Waals surface area contributed by atoms with Crippen LogP contribution in [0.4, 0.5) is 5.69 Å². The number of carboxylic acid groups (broad SMARTS) is 1. The highest BCUT2D eigenvalue weighted by atomic mass is 16.4. The minimum Gasteiger partial charge on any atom is -0.507 e. The second kappa shape index (κ2) is 7.56. The molecule has 7 nitrogen and oxygen atoms in total. The number of carbonyl (C=O) groups excluding carboxylic acids is 1. The Morgan fingerprint density at radius 3 is 2.37 bits per heavy atom. The summed E-state index contributed by atoms with van der Waals surface area (Å²) in [5.74, 6) is -2.16. The Labute approximate surface area is 169 Å². The van der Waals surface area contributed by atoms with Gasteiger partial charge in [0.05, 0.1) is 5.56 Å². The first kappa shape index (κ1) is 18.9. The zero-order valence-corrected chi connectivity index (χ0v) is 15.5. The van der Waals surface area contributed by atoms with Crippen LogP contribution in [0.5, 0.6) is 5.75 Å². The number of fused-ring (bicyclic) bond motifs is 1. The monoisotopic (exact) mass is 401 g/mol. The third kappa shape index (κ3) is 3.64. The van der Waals surface area contributed by atoms with E-state index in [1.807, 2.05) is 12.1 Å². The molecule has 0 fully saturated rings. The molecular weight excluding hydrogens is 386 g/mol. The van der Waals surface area contributed by atoms with Crippen LogP contribution < -0.4 is 10.9 Å². The van der Waals surface area contributed by atoms with Crippen molar-refractivity contribution in [3.8, 4) is 16.9 Å². The van der Waals surface area contributed by atoms with Crippen LogP contribution in [0.15, 0.2) is 82.0 Å². The summed E-state index contributed by atoms with van der Waals surface area (Å²) in [6.45, 7) is 0. The van der Waals surface area contributed by atoms with Crippen LogP contribution in [-0.4, -0.2) is 22.1 Å². The first-order valence-electron chi connectivity index (χ1n) is 8.93. The molecule has 7 heteroatoms. The molecule has 1 heterocycles. The maximum Gasteiger partial charge on any atom is 0.344 e. The standard InChI is InChI=1S/C23H15NO6/c25-19-10-9-16(12-18(19)22(27)28)24-21(26)14-7-5-13(6-8-14)17-11-15-3-1-2-4-20(15)30-23(17)29/h1-12,25H,(H,24,26)(H,27,28). The van der Waals surface area contributed by atoms with Gasteiger partial charge in [0.15, 0.2) is 0 Å². The zero-order valence-electron chi connectivity index (χ0n) is 15.5. The molecule has 148 valence electrons. The van der Waals surface area contributed by atoms with E-state index >= 15 is 0 Å². The highest BCUT2D eigenvalue weighted by molar-refractivity contribution is 6.05. The number of aromatic carboxylic acids is 1. The van der Waals surface area contributed by atoms with E-state index in [0.29, 0.717) is 22.3 Å². The molecule has 30 heavy (non-hydrogen) atoms. The summed E-state index contributed by atoms with van der Waals surface area (Å²) >= 11 is 0. The average molecular weight is 401 g/mol. The Balaban J connectivity index is 1.59. The van der Waals surface area contributed by atoms with Crippen LogP contribution in [0.25, 0.3) is 22.1 Å². The van der Waals surface area contributed by atoms with Crippen molar-refractivity contribution in [1.82, 2.24) is 0 Å². The topological polar surface area (TPSA) is 117 Å². The van der Waals surface area contributed by atoms with E-state index < -0.39 is 17.5 Å². The molecule has 4 rings (SSSR count). The third-order valence-electron chi connectivity index (χ3n) is 4.58. The Morgan fingerprint density at radius 2 is 1.63 bits per heavy atom. The first-order valence-corrected chi connectivity index (χ1v) is 8.93. The molecule has 0 unspecified atom stereocenters. The highest BCUT2D eigenvalue weighted by Gasteiger charge is 2.13. The number of phenols is 1. The number of hydrogen-bond donors (Lipinski definition) is 3. The van der Waals surface area contributed by atoms with Gasteiger partial charge in [0, 0.05) is 16.6 Å². The fraction of sp³-hybridized carbons (Fsp3) is 0. The third-order valence-corrected chi connectivity index (χ3v) is 4.58. The molecule has 0 atom stereocenters. The van der Waals surface area contributed by atoms with Crippen LogP contribution in [0.3, 0.4) is 0 Å². The zero-order chi connectivity index (χ0) is 21.3. The number of aromatic hydroxyl groups is 1. The van der Waals surface area contributed by atoms with E-state index in [-0.39, 0.29) is 17.0 Å². The molecule has 4 aromatic rings. The van der Waals surface area contributed by atoms with Gasteiger partial charge in [0.2, 0.25) is 0 Å². The molecule has 0 saturated heterocycles. The Kier molecular flexibility index (Phi) is 4.77. The largest absolute Gasteiger partial charge is 0.507 e. The second-order valence-corrected chi connectivity index (χ2v) is 6.55. The number of hydrogen-bond acceptors (Lipinski definition) is 5. The van der Waals surface area contributed by atoms with Gasteiger partial charge in [-0.3, -0.25) is 4.79 Å². The highest BCUT2D eigenvalue weighted by Crippen LogP contribution is 2.23. The lowest BCUT2D eigenvalue weighted by molar-refractivity contribution is 0.0693. The summed E-state index contributed by atoms with van der Waals surface area (Å²) in [6, 6.07) is 19.1. The van der Waals surface area contributed by atoms with Gasteiger partial charge < -0.3 is 19.9 Å². The Bertz CT molecular complexity index is 1340. The Hall–Kier alpha value is -4.39. The van der Waals surface area contributed by atoms with Crippen molar-refractivity contribution in [1.29, 1.82) is 0 Å². The molecule has 0 radical (unpaired) electrons. The van der Waals surface area contributed by atoms with Crippen LogP contribution in [0, 0.1) is 0 Å². The van der Waals surface area contributed by atoms with Crippen molar-refractivity contribution in [3.05, 3.63) is 94.3 Å². The molecular formula is C23H15NO6. The molecule has 0 spiro atoms. The average Bonchev–Trinajstić information content (AvgIpc) is 2.74. The molecule has 1 amide bonds. The van der Waals surface area contributed by atoms with E-state index in [4.69, 9.17) is 9.52 Å². The van der Waals surface area contributed by atoms with Crippen molar-refractivity contribution < 1.29 is 24.2 Å². The van der Waals surface area contributed by atoms with Gasteiger partial charge in [-0.05, 0) is 48.0 Å². The van der Waals surface area contributed by atoms with Gasteiger partial charge in [0.1, 0.15) is 16.9 Å². The molecule has 0 aliphatic rings. The minimum atomic E-state index is -1.30. The maximum atomic E-state index is 12.5. The molecule has 1 aromatic heterocycles.